The third-order valence-corrected chi connectivity index (χ3v) is 5.41. The van der Waals surface area contributed by atoms with Crippen molar-refractivity contribution in [2.75, 3.05) is 5.32 Å². The highest BCUT2D eigenvalue weighted by molar-refractivity contribution is 7.99. The minimum atomic E-state index is -2.68. The van der Waals surface area contributed by atoms with E-state index in [1.54, 1.807) is 30.3 Å². The SMILES string of the molecule is O=C(Nc1cccc(Cl)c1SC(F)F)c1ccc(CN2C(=O)CCC2=O)cc1. The zero-order valence-electron chi connectivity index (χ0n) is 14.5. The third kappa shape index (κ3) is 4.69. The number of carbonyl (C=O) groups excluding carboxylic acids is 3. The molecule has 2 aromatic carbocycles. The molecule has 1 saturated heterocycles. The fraction of sp³-hybridized carbons (Fsp3) is 0.211. The van der Waals surface area contributed by atoms with E-state index in [-0.39, 0.29) is 58.6 Å². The van der Waals surface area contributed by atoms with Gasteiger partial charge in [0.05, 0.1) is 22.2 Å². The summed E-state index contributed by atoms with van der Waals surface area (Å²) in [5.41, 5.74) is 1.20. The molecular formula is C19H15ClF2N2O3S. The summed E-state index contributed by atoms with van der Waals surface area (Å²) >= 11 is 6.22. The van der Waals surface area contributed by atoms with E-state index >= 15 is 0 Å². The van der Waals surface area contributed by atoms with E-state index in [4.69, 9.17) is 11.6 Å². The van der Waals surface area contributed by atoms with Crippen LogP contribution < -0.4 is 5.32 Å². The number of likely N-dealkylation sites (tertiary alicyclic amines) is 1. The van der Waals surface area contributed by atoms with Crippen molar-refractivity contribution >= 4 is 46.8 Å². The smallest absolute Gasteiger partial charge is 0.289 e. The lowest BCUT2D eigenvalue weighted by atomic mass is 10.1. The minimum Gasteiger partial charge on any atom is -0.321 e. The minimum absolute atomic E-state index is 0.0928. The highest BCUT2D eigenvalue weighted by atomic mass is 35.5. The molecule has 0 aromatic heterocycles. The first-order chi connectivity index (χ1) is 13.3. The Balaban J connectivity index is 1.71. The molecule has 0 radical (unpaired) electrons. The molecule has 0 atom stereocenters. The molecule has 0 unspecified atom stereocenters. The molecule has 0 saturated carbocycles. The van der Waals surface area contributed by atoms with Gasteiger partial charge in [-0.2, -0.15) is 8.78 Å². The highest BCUT2D eigenvalue weighted by Gasteiger charge is 2.28. The molecule has 1 N–H and O–H groups in total. The Morgan fingerprint density at radius 1 is 1.11 bits per heavy atom. The Hall–Kier alpha value is -2.45. The quantitative estimate of drug-likeness (QED) is 0.545. The first-order valence-electron chi connectivity index (χ1n) is 8.32. The van der Waals surface area contributed by atoms with Gasteiger partial charge in [0.15, 0.2) is 0 Å². The van der Waals surface area contributed by atoms with Gasteiger partial charge in [0, 0.05) is 18.4 Å². The van der Waals surface area contributed by atoms with Crippen molar-refractivity contribution in [1.29, 1.82) is 0 Å². The Morgan fingerprint density at radius 3 is 2.36 bits per heavy atom. The number of hydrogen-bond acceptors (Lipinski definition) is 4. The van der Waals surface area contributed by atoms with Gasteiger partial charge in [-0.15, -0.1) is 0 Å². The molecule has 9 heteroatoms. The summed E-state index contributed by atoms with van der Waals surface area (Å²) in [6.07, 6.45) is 0.440. The predicted octanol–water partition coefficient (Wildman–Crippen LogP) is 4.56. The standard InChI is InChI=1S/C19H15ClF2N2O3S/c20-13-2-1-3-14(17(13)28-19(21)22)23-18(27)12-6-4-11(5-7-12)10-24-15(25)8-9-16(24)26/h1-7,19H,8-10H2,(H,23,27). The van der Waals surface area contributed by atoms with E-state index in [0.717, 1.165) is 0 Å². The van der Waals surface area contributed by atoms with Gasteiger partial charge in [0.25, 0.3) is 11.7 Å². The number of anilines is 1. The lowest BCUT2D eigenvalue weighted by Gasteiger charge is -2.14. The van der Waals surface area contributed by atoms with Gasteiger partial charge in [-0.3, -0.25) is 19.3 Å². The van der Waals surface area contributed by atoms with E-state index in [1.807, 2.05) is 0 Å². The lowest BCUT2D eigenvalue weighted by Crippen LogP contribution is -2.28. The van der Waals surface area contributed by atoms with Crippen LogP contribution in [0.4, 0.5) is 14.5 Å². The molecule has 146 valence electrons. The Labute approximate surface area is 169 Å². The van der Waals surface area contributed by atoms with Crippen molar-refractivity contribution in [3.8, 4) is 0 Å². The second-order valence-corrected chi connectivity index (χ2v) is 7.43. The number of thioether (sulfide) groups is 1. The van der Waals surface area contributed by atoms with Crippen LogP contribution in [0.25, 0.3) is 0 Å². The number of rotatable bonds is 6. The first-order valence-corrected chi connectivity index (χ1v) is 9.57. The molecule has 3 rings (SSSR count). The molecule has 2 aromatic rings. The number of benzene rings is 2. The maximum absolute atomic E-state index is 12.7. The molecule has 1 heterocycles. The first kappa shape index (κ1) is 20.3. The van der Waals surface area contributed by atoms with Gasteiger partial charge in [-0.05, 0) is 29.8 Å². The molecule has 0 bridgehead atoms. The maximum atomic E-state index is 12.7. The van der Waals surface area contributed by atoms with Gasteiger partial charge in [-0.25, -0.2) is 0 Å². The summed E-state index contributed by atoms with van der Waals surface area (Å²) in [7, 11) is 0. The fourth-order valence-corrected chi connectivity index (χ4v) is 3.67. The molecule has 1 aliphatic heterocycles. The summed E-state index contributed by atoms with van der Waals surface area (Å²) in [5, 5.41) is 2.71. The molecular weight excluding hydrogens is 410 g/mol. The Bertz CT molecular complexity index is 906. The second-order valence-electron chi connectivity index (χ2n) is 6.02. The van der Waals surface area contributed by atoms with Crippen molar-refractivity contribution in [2.24, 2.45) is 0 Å². The molecule has 1 fully saturated rings. The number of halogens is 3. The maximum Gasteiger partial charge on any atom is 0.289 e. The number of alkyl halides is 2. The van der Waals surface area contributed by atoms with Gasteiger partial charge in [0.2, 0.25) is 11.8 Å². The van der Waals surface area contributed by atoms with Crippen LogP contribution in [0.5, 0.6) is 0 Å². The van der Waals surface area contributed by atoms with E-state index in [2.05, 4.69) is 5.32 Å². The summed E-state index contributed by atoms with van der Waals surface area (Å²) in [4.78, 5) is 37.1. The average molecular weight is 425 g/mol. The molecule has 3 amide bonds. The highest BCUT2D eigenvalue weighted by Crippen LogP contribution is 2.37. The van der Waals surface area contributed by atoms with Crippen LogP contribution in [-0.4, -0.2) is 28.4 Å². The van der Waals surface area contributed by atoms with E-state index in [0.29, 0.717) is 11.1 Å². The molecule has 0 aliphatic carbocycles. The van der Waals surface area contributed by atoms with Crippen LogP contribution in [0, 0.1) is 0 Å². The molecule has 0 spiro atoms. The number of nitrogens with zero attached hydrogens (tertiary/aromatic N) is 1. The van der Waals surface area contributed by atoms with Gasteiger partial charge < -0.3 is 5.32 Å². The molecule has 1 aliphatic rings. The predicted molar refractivity (Wildman–Crippen MR) is 102 cm³/mol. The zero-order valence-corrected chi connectivity index (χ0v) is 16.0. The largest absolute Gasteiger partial charge is 0.321 e. The van der Waals surface area contributed by atoms with E-state index in [1.165, 1.54) is 17.0 Å². The van der Waals surface area contributed by atoms with Gasteiger partial charge in [-0.1, -0.05) is 41.6 Å². The van der Waals surface area contributed by atoms with E-state index < -0.39 is 11.7 Å². The summed E-state index contributed by atoms with van der Waals surface area (Å²) in [6, 6.07) is 10.9. The number of amides is 3. The number of nitrogens with one attached hydrogen (secondary N) is 1. The average Bonchev–Trinajstić information content (AvgIpc) is 2.97. The van der Waals surface area contributed by atoms with Crippen LogP contribution >= 0.6 is 23.4 Å². The Morgan fingerprint density at radius 2 is 1.75 bits per heavy atom. The van der Waals surface area contributed by atoms with Crippen molar-refractivity contribution < 1.29 is 23.2 Å². The zero-order chi connectivity index (χ0) is 20.3. The van der Waals surface area contributed by atoms with E-state index in [9.17, 15) is 23.2 Å². The number of carbonyl (C=O) groups is 3. The topological polar surface area (TPSA) is 66.5 Å². The second kappa shape index (κ2) is 8.70. The number of hydrogen-bond donors (Lipinski definition) is 1. The monoisotopic (exact) mass is 424 g/mol. The van der Waals surface area contributed by atoms with Crippen molar-refractivity contribution in [3.05, 3.63) is 58.6 Å². The Kier molecular flexibility index (Phi) is 6.31. The summed E-state index contributed by atoms with van der Waals surface area (Å²) in [5.74, 6) is -3.59. The van der Waals surface area contributed by atoms with Crippen LogP contribution in [0.2, 0.25) is 5.02 Å². The van der Waals surface area contributed by atoms with Crippen molar-refractivity contribution in [2.45, 2.75) is 30.0 Å². The number of imide groups is 1. The van der Waals surface area contributed by atoms with Gasteiger partial charge in [0.1, 0.15) is 0 Å². The molecule has 28 heavy (non-hydrogen) atoms. The van der Waals surface area contributed by atoms with Crippen molar-refractivity contribution in [3.63, 3.8) is 0 Å². The summed E-state index contributed by atoms with van der Waals surface area (Å²) < 4.78 is 25.5. The fourth-order valence-electron chi connectivity index (χ4n) is 2.75. The van der Waals surface area contributed by atoms with Crippen LogP contribution in [0.1, 0.15) is 28.8 Å². The normalized spacial score (nSPS) is 14.1. The van der Waals surface area contributed by atoms with Crippen molar-refractivity contribution in [1.82, 2.24) is 4.90 Å². The van der Waals surface area contributed by atoms with Gasteiger partial charge >= 0.3 is 0 Å². The third-order valence-electron chi connectivity index (χ3n) is 4.13. The van der Waals surface area contributed by atoms with Crippen LogP contribution in [0.15, 0.2) is 47.4 Å². The molecule has 5 nitrogen and oxygen atoms in total. The summed E-state index contributed by atoms with van der Waals surface area (Å²) in [6.45, 7) is 0.156. The lowest BCUT2D eigenvalue weighted by molar-refractivity contribution is -0.139. The van der Waals surface area contributed by atoms with Crippen LogP contribution in [-0.2, 0) is 16.1 Å². The van der Waals surface area contributed by atoms with Crippen LogP contribution in [0.3, 0.4) is 0 Å².